The molecule has 3 aromatic heterocycles. The van der Waals surface area contributed by atoms with E-state index in [0.29, 0.717) is 30.4 Å². The van der Waals surface area contributed by atoms with Crippen LogP contribution in [0.4, 0.5) is 5.82 Å². The minimum absolute atomic E-state index is 0.00653. The van der Waals surface area contributed by atoms with Crippen LogP contribution >= 0.6 is 0 Å². The first kappa shape index (κ1) is 15.5. The van der Waals surface area contributed by atoms with E-state index in [1.807, 2.05) is 24.0 Å². The van der Waals surface area contributed by atoms with Gasteiger partial charge >= 0.3 is 0 Å². The van der Waals surface area contributed by atoms with Crippen LogP contribution in [0.1, 0.15) is 28.9 Å². The van der Waals surface area contributed by atoms with Gasteiger partial charge in [0.15, 0.2) is 0 Å². The van der Waals surface area contributed by atoms with Crippen LogP contribution in [0.3, 0.4) is 0 Å². The second kappa shape index (κ2) is 6.46. The Morgan fingerprint density at radius 3 is 2.96 bits per heavy atom. The van der Waals surface area contributed by atoms with Gasteiger partial charge in [-0.15, -0.1) is 5.10 Å². The molecule has 0 atom stereocenters. The summed E-state index contributed by atoms with van der Waals surface area (Å²) in [7, 11) is 0. The van der Waals surface area contributed by atoms with Gasteiger partial charge in [0, 0.05) is 31.5 Å². The minimum Gasteiger partial charge on any atom is -0.366 e. The Hall–Kier alpha value is -3.03. The third kappa shape index (κ3) is 3.15. The number of fused-ring (bicyclic) bond motifs is 1. The van der Waals surface area contributed by atoms with Crippen molar-refractivity contribution in [2.24, 2.45) is 0 Å². The molecule has 0 aliphatic carbocycles. The summed E-state index contributed by atoms with van der Waals surface area (Å²) in [5, 5.41) is 15.9. The second-order valence-corrected chi connectivity index (χ2v) is 6.16. The van der Waals surface area contributed by atoms with Crippen LogP contribution in [0.25, 0.3) is 11.1 Å². The molecule has 1 fully saturated rings. The van der Waals surface area contributed by atoms with Gasteiger partial charge in [-0.05, 0) is 38.0 Å². The maximum Gasteiger partial charge on any atom is 0.257 e. The number of anilines is 1. The number of rotatable bonds is 3. The molecule has 8 heteroatoms. The zero-order chi connectivity index (χ0) is 17.2. The molecule has 1 aliphatic heterocycles. The summed E-state index contributed by atoms with van der Waals surface area (Å²) in [5.41, 5.74) is 1.77. The second-order valence-electron chi connectivity index (χ2n) is 6.16. The number of carbonyl (C=O) groups is 1. The highest BCUT2D eigenvalue weighted by Crippen LogP contribution is 2.20. The molecule has 128 valence electrons. The lowest BCUT2D eigenvalue weighted by molar-refractivity contribution is 0.0718. The van der Waals surface area contributed by atoms with E-state index in [-0.39, 0.29) is 5.91 Å². The molecule has 1 saturated heterocycles. The van der Waals surface area contributed by atoms with E-state index >= 15 is 0 Å². The van der Waals surface area contributed by atoms with Crippen molar-refractivity contribution >= 4 is 22.8 Å². The highest BCUT2D eigenvalue weighted by molar-refractivity contribution is 5.97. The molecule has 0 bridgehead atoms. The van der Waals surface area contributed by atoms with Crippen LogP contribution in [-0.2, 0) is 0 Å². The summed E-state index contributed by atoms with van der Waals surface area (Å²) in [6.45, 7) is 3.22. The van der Waals surface area contributed by atoms with Gasteiger partial charge in [-0.3, -0.25) is 4.79 Å². The summed E-state index contributed by atoms with van der Waals surface area (Å²) in [5.74, 6) is 0.762. The third-order valence-electron chi connectivity index (χ3n) is 4.46. The van der Waals surface area contributed by atoms with Crippen molar-refractivity contribution < 1.29 is 9.32 Å². The molecule has 0 aromatic carbocycles. The fourth-order valence-electron chi connectivity index (χ4n) is 3.06. The lowest BCUT2D eigenvalue weighted by Crippen LogP contribution is -2.42. The first-order chi connectivity index (χ1) is 12.2. The van der Waals surface area contributed by atoms with E-state index in [2.05, 4.69) is 25.7 Å². The fraction of sp³-hybridized carbons (Fsp3) is 0.353. The van der Waals surface area contributed by atoms with E-state index in [1.54, 1.807) is 18.5 Å². The SMILES string of the molecule is Cc1noc2ncc(C(=O)N3CCC(Nc4cccnn4)CC3)cc12. The predicted octanol–water partition coefficient (Wildman–Crippen LogP) is 2.04. The van der Waals surface area contributed by atoms with Crippen molar-refractivity contribution in [2.75, 3.05) is 18.4 Å². The van der Waals surface area contributed by atoms with Crippen LogP contribution in [0, 0.1) is 6.92 Å². The monoisotopic (exact) mass is 338 g/mol. The molecular weight excluding hydrogens is 320 g/mol. The molecule has 1 amide bonds. The van der Waals surface area contributed by atoms with Gasteiger partial charge in [0.2, 0.25) is 0 Å². The standard InChI is InChI=1S/C17H18N6O2/c1-11-14-9-12(10-18-16(14)25-22-11)17(24)23-7-4-13(5-8-23)20-15-3-2-6-19-21-15/h2-3,6,9-10,13H,4-5,7-8H2,1H3,(H,20,21). The Bertz CT molecular complexity index is 887. The van der Waals surface area contributed by atoms with E-state index in [1.165, 1.54) is 0 Å². The smallest absolute Gasteiger partial charge is 0.257 e. The number of hydrogen-bond donors (Lipinski definition) is 1. The van der Waals surface area contributed by atoms with Gasteiger partial charge in [0.05, 0.1) is 16.6 Å². The largest absolute Gasteiger partial charge is 0.366 e. The zero-order valence-corrected chi connectivity index (χ0v) is 13.8. The average molecular weight is 338 g/mol. The molecule has 4 heterocycles. The first-order valence-electron chi connectivity index (χ1n) is 8.26. The van der Waals surface area contributed by atoms with Gasteiger partial charge in [0.1, 0.15) is 5.82 Å². The summed E-state index contributed by atoms with van der Waals surface area (Å²) in [6, 6.07) is 5.85. The molecule has 8 nitrogen and oxygen atoms in total. The van der Waals surface area contributed by atoms with Crippen LogP contribution in [0.15, 0.2) is 35.1 Å². The number of pyridine rings is 1. The number of nitrogens with zero attached hydrogens (tertiary/aromatic N) is 5. The van der Waals surface area contributed by atoms with Crippen molar-refractivity contribution in [3.63, 3.8) is 0 Å². The van der Waals surface area contributed by atoms with E-state index in [9.17, 15) is 4.79 Å². The Morgan fingerprint density at radius 1 is 1.36 bits per heavy atom. The fourth-order valence-corrected chi connectivity index (χ4v) is 3.06. The highest BCUT2D eigenvalue weighted by atomic mass is 16.5. The number of aromatic nitrogens is 4. The third-order valence-corrected chi connectivity index (χ3v) is 4.46. The van der Waals surface area contributed by atoms with Crippen LogP contribution in [-0.4, -0.2) is 50.3 Å². The van der Waals surface area contributed by atoms with Gasteiger partial charge in [-0.1, -0.05) is 5.16 Å². The molecule has 0 unspecified atom stereocenters. The van der Waals surface area contributed by atoms with Crippen molar-refractivity contribution in [2.45, 2.75) is 25.8 Å². The molecule has 1 N–H and O–H groups in total. The van der Waals surface area contributed by atoms with Crippen molar-refractivity contribution in [3.8, 4) is 0 Å². The summed E-state index contributed by atoms with van der Waals surface area (Å²) in [4.78, 5) is 18.8. The quantitative estimate of drug-likeness (QED) is 0.780. The Morgan fingerprint density at radius 2 is 2.20 bits per heavy atom. The highest BCUT2D eigenvalue weighted by Gasteiger charge is 2.24. The maximum absolute atomic E-state index is 12.7. The number of nitrogens with one attached hydrogen (secondary N) is 1. The molecule has 3 aromatic rings. The minimum atomic E-state index is -0.00653. The van der Waals surface area contributed by atoms with Gasteiger partial charge in [0.25, 0.3) is 11.6 Å². The lowest BCUT2D eigenvalue weighted by atomic mass is 10.0. The van der Waals surface area contributed by atoms with Gasteiger partial charge < -0.3 is 14.7 Å². The number of likely N-dealkylation sites (tertiary alicyclic amines) is 1. The first-order valence-corrected chi connectivity index (χ1v) is 8.26. The summed E-state index contributed by atoms with van der Waals surface area (Å²) < 4.78 is 5.09. The van der Waals surface area contributed by atoms with Gasteiger partial charge in [-0.2, -0.15) is 5.10 Å². The van der Waals surface area contributed by atoms with Crippen molar-refractivity contribution in [3.05, 3.63) is 41.9 Å². The maximum atomic E-state index is 12.7. The predicted molar refractivity (Wildman–Crippen MR) is 91.1 cm³/mol. The Kier molecular flexibility index (Phi) is 4.01. The zero-order valence-electron chi connectivity index (χ0n) is 13.8. The Balaban J connectivity index is 1.41. The number of carbonyl (C=O) groups excluding carboxylic acids is 1. The molecular formula is C17H18N6O2. The molecule has 25 heavy (non-hydrogen) atoms. The summed E-state index contributed by atoms with van der Waals surface area (Å²) in [6.07, 6.45) is 4.93. The molecule has 4 rings (SSSR count). The number of piperidine rings is 1. The summed E-state index contributed by atoms with van der Waals surface area (Å²) >= 11 is 0. The van der Waals surface area contributed by atoms with Crippen molar-refractivity contribution in [1.82, 2.24) is 25.2 Å². The number of hydrogen-bond acceptors (Lipinski definition) is 7. The van der Waals surface area contributed by atoms with E-state index in [4.69, 9.17) is 4.52 Å². The van der Waals surface area contributed by atoms with Crippen molar-refractivity contribution in [1.29, 1.82) is 0 Å². The average Bonchev–Trinajstić information content (AvgIpc) is 3.03. The normalized spacial score (nSPS) is 15.5. The number of aryl methyl sites for hydroxylation is 1. The van der Waals surface area contributed by atoms with Crippen LogP contribution in [0.5, 0.6) is 0 Å². The molecule has 0 saturated carbocycles. The number of amides is 1. The molecule has 0 radical (unpaired) electrons. The topological polar surface area (TPSA) is 97.0 Å². The Labute approximate surface area is 144 Å². The van der Waals surface area contributed by atoms with Crippen LogP contribution in [0.2, 0.25) is 0 Å². The van der Waals surface area contributed by atoms with Gasteiger partial charge in [-0.25, -0.2) is 4.98 Å². The lowest BCUT2D eigenvalue weighted by Gasteiger charge is -2.32. The molecule has 1 aliphatic rings. The van der Waals surface area contributed by atoms with Crippen LogP contribution < -0.4 is 5.32 Å². The molecule has 0 spiro atoms. The van der Waals surface area contributed by atoms with E-state index < -0.39 is 0 Å². The van der Waals surface area contributed by atoms with E-state index in [0.717, 1.165) is 29.7 Å².